The topological polar surface area (TPSA) is 95.3 Å². The van der Waals surface area contributed by atoms with Gasteiger partial charge in [0.25, 0.3) is 0 Å². The second-order valence-electron chi connectivity index (χ2n) is 6.13. The molecule has 8 nitrogen and oxygen atoms in total. The summed E-state index contributed by atoms with van der Waals surface area (Å²) in [5, 5.41) is 12.7. The summed E-state index contributed by atoms with van der Waals surface area (Å²) in [6, 6.07) is 8.72. The monoisotopic (exact) mass is 466 g/mol. The summed E-state index contributed by atoms with van der Waals surface area (Å²) in [5.41, 5.74) is 0.346. The van der Waals surface area contributed by atoms with Crippen molar-refractivity contribution in [2.75, 3.05) is 18.2 Å². The Morgan fingerprint density at radius 2 is 2.00 bits per heavy atom. The maximum absolute atomic E-state index is 12.3. The molecule has 11 heteroatoms. The second-order valence-corrected chi connectivity index (χ2v) is 8.76. The van der Waals surface area contributed by atoms with Crippen LogP contribution in [0.2, 0.25) is 5.02 Å². The van der Waals surface area contributed by atoms with Crippen molar-refractivity contribution in [1.82, 2.24) is 14.8 Å². The predicted molar refractivity (Wildman–Crippen MR) is 117 cm³/mol. The number of nitrogens with zero attached hydrogens (tertiary/aromatic N) is 3. The van der Waals surface area contributed by atoms with E-state index in [4.69, 9.17) is 21.1 Å². The highest BCUT2D eigenvalue weighted by Crippen LogP contribution is 2.28. The smallest absolute Gasteiger partial charge is 0.340 e. The minimum Gasteiger partial charge on any atom is -0.486 e. The quantitative estimate of drug-likeness (QED) is 0.397. The third-order valence-corrected chi connectivity index (χ3v) is 6.19. The van der Waals surface area contributed by atoms with Crippen LogP contribution in [-0.2, 0) is 23.2 Å². The van der Waals surface area contributed by atoms with E-state index in [0.717, 1.165) is 4.88 Å². The number of thiophene rings is 1. The number of esters is 1. The van der Waals surface area contributed by atoms with Gasteiger partial charge in [-0.1, -0.05) is 23.4 Å². The molecule has 2 heterocycles. The van der Waals surface area contributed by atoms with Gasteiger partial charge < -0.3 is 19.4 Å². The fourth-order valence-corrected chi connectivity index (χ4v) is 4.21. The maximum Gasteiger partial charge on any atom is 0.340 e. The molecule has 3 aromatic rings. The van der Waals surface area contributed by atoms with Crippen molar-refractivity contribution in [3.63, 3.8) is 0 Å². The van der Waals surface area contributed by atoms with Crippen LogP contribution in [0, 0.1) is 6.92 Å². The molecule has 0 aliphatic rings. The lowest BCUT2D eigenvalue weighted by Crippen LogP contribution is -2.16. The number of benzene rings is 1. The Morgan fingerprint density at radius 3 is 2.70 bits per heavy atom. The van der Waals surface area contributed by atoms with E-state index in [1.165, 1.54) is 30.2 Å². The first-order chi connectivity index (χ1) is 14.4. The molecule has 0 aliphatic carbocycles. The van der Waals surface area contributed by atoms with Crippen LogP contribution in [0.25, 0.3) is 0 Å². The first-order valence-corrected chi connectivity index (χ1v) is 10.9. The Labute approximate surface area is 186 Å². The summed E-state index contributed by atoms with van der Waals surface area (Å²) in [4.78, 5) is 25.1. The van der Waals surface area contributed by atoms with Crippen LogP contribution in [-0.4, -0.2) is 39.5 Å². The highest BCUT2D eigenvalue weighted by Gasteiger charge is 2.18. The number of nitrogens with one attached hydrogen (secondary N) is 1. The van der Waals surface area contributed by atoms with Gasteiger partial charge in [-0.2, -0.15) is 0 Å². The number of hydrogen-bond acceptors (Lipinski definition) is 8. The van der Waals surface area contributed by atoms with Gasteiger partial charge in [0.15, 0.2) is 11.0 Å². The van der Waals surface area contributed by atoms with E-state index in [1.807, 2.05) is 6.92 Å². The molecular formula is C19H19ClN4O4S2. The number of carbonyl (C=O) groups is 2. The highest BCUT2D eigenvalue weighted by molar-refractivity contribution is 7.99. The van der Waals surface area contributed by atoms with Crippen LogP contribution < -0.4 is 10.1 Å². The molecule has 0 unspecified atom stereocenters. The zero-order chi connectivity index (χ0) is 21.7. The van der Waals surface area contributed by atoms with Crippen molar-refractivity contribution < 1.29 is 19.1 Å². The van der Waals surface area contributed by atoms with Gasteiger partial charge >= 0.3 is 5.97 Å². The summed E-state index contributed by atoms with van der Waals surface area (Å²) in [6.45, 7) is 2.09. The maximum atomic E-state index is 12.3. The fraction of sp³-hybridized carbons (Fsp3) is 0.263. The Hall–Kier alpha value is -2.56. The SMILES string of the molecule is COC(=O)c1cc(C)sc1NC(=O)CSc1nnc(COc2ccc(Cl)cc2)n1C. The highest BCUT2D eigenvalue weighted by atomic mass is 35.5. The minimum atomic E-state index is -0.485. The summed E-state index contributed by atoms with van der Waals surface area (Å²) in [7, 11) is 3.11. The number of halogens is 1. The number of carbonyl (C=O) groups excluding carboxylic acids is 2. The van der Waals surface area contributed by atoms with Crippen LogP contribution in [0.4, 0.5) is 5.00 Å². The lowest BCUT2D eigenvalue weighted by atomic mass is 10.3. The first kappa shape index (κ1) is 22.1. The number of methoxy groups -OCH3 is 1. The molecule has 0 radical (unpaired) electrons. The van der Waals surface area contributed by atoms with Crippen LogP contribution in [0.5, 0.6) is 5.75 Å². The van der Waals surface area contributed by atoms with Crippen LogP contribution in [0.3, 0.4) is 0 Å². The van der Waals surface area contributed by atoms with E-state index < -0.39 is 5.97 Å². The van der Waals surface area contributed by atoms with Gasteiger partial charge in [-0.05, 0) is 37.3 Å². The molecule has 30 heavy (non-hydrogen) atoms. The lowest BCUT2D eigenvalue weighted by Gasteiger charge is -2.07. The molecule has 0 fully saturated rings. The molecule has 1 N–H and O–H groups in total. The summed E-state index contributed by atoms with van der Waals surface area (Å²) in [5.74, 6) is 0.662. The molecule has 0 bridgehead atoms. The van der Waals surface area contributed by atoms with Crippen LogP contribution >= 0.6 is 34.7 Å². The number of rotatable bonds is 8. The van der Waals surface area contributed by atoms with Crippen molar-refractivity contribution >= 4 is 51.6 Å². The van der Waals surface area contributed by atoms with Crippen molar-refractivity contribution in [2.45, 2.75) is 18.7 Å². The number of ether oxygens (including phenoxy) is 2. The number of aryl methyl sites for hydroxylation is 1. The zero-order valence-electron chi connectivity index (χ0n) is 16.5. The number of aromatic nitrogens is 3. The van der Waals surface area contributed by atoms with Gasteiger partial charge in [-0.3, -0.25) is 4.79 Å². The fourth-order valence-electron chi connectivity index (χ4n) is 2.44. The van der Waals surface area contributed by atoms with Crippen molar-refractivity contribution in [3.8, 4) is 5.75 Å². The summed E-state index contributed by atoms with van der Waals surface area (Å²) in [6.07, 6.45) is 0. The molecule has 0 saturated carbocycles. The van der Waals surface area contributed by atoms with Gasteiger partial charge in [-0.25, -0.2) is 4.79 Å². The number of anilines is 1. The van der Waals surface area contributed by atoms with Crippen molar-refractivity contribution in [2.24, 2.45) is 7.05 Å². The molecule has 3 rings (SSSR count). The third-order valence-electron chi connectivity index (χ3n) is 3.95. The van der Waals surface area contributed by atoms with Crippen LogP contribution in [0.15, 0.2) is 35.5 Å². The van der Waals surface area contributed by atoms with E-state index in [-0.39, 0.29) is 18.3 Å². The lowest BCUT2D eigenvalue weighted by molar-refractivity contribution is -0.113. The average Bonchev–Trinajstić information content (AvgIpc) is 3.27. The average molecular weight is 467 g/mol. The molecule has 1 amide bonds. The molecule has 0 aliphatic heterocycles. The molecule has 1 aromatic carbocycles. The first-order valence-electron chi connectivity index (χ1n) is 8.75. The normalized spacial score (nSPS) is 10.7. The Morgan fingerprint density at radius 1 is 1.27 bits per heavy atom. The van der Waals surface area contributed by atoms with Gasteiger partial charge in [-0.15, -0.1) is 21.5 Å². The number of hydrogen-bond donors (Lipinski definition) is 1. The van der Waals surface area contributed by atoms with Gasteiger partial charge in [0.2, 0.25) is 5.91 Å². The molecule has 158 valence electrons. The van der Waals surface area contributed by atoms with E-state index in [9.17, 15) is 9.59 Å². The van der Waals surface area contributed by atoms with Gasteiger partial charge in [0.1, 0.15) is 17.4 Å². The van der Waals surface area contributed by atoms with E-state index >= 15 is 0 Å². The molecule has 2 aromatic heterocycles. The minimum absolute atomic E-state index is 0.113. The Kier molecular flexibility index (Phi) is 7.35. The molecule has 0 spiro atoms. The second kappa shape index (κ2) is 9.96. The van der Waals surface area contributed by atoms with E-state index in [0.29, 0.717) is 32.3 Å². The zero-order valence-corrected chi connectivity index (χ0v) is 18.9. The largest absolute Gasteiger partial charge is 0.486 e. The van der Waals surface area contributed by atoms with Crippen molar-refractivity contribution in [3.05, 3.63) is 51.6 Å². The molecule has 0 atom stereocenters. The van der Waals surface area contributed by atoms with Gasteiger partial charge in [0.05, 0.1) is 18.4 Å². The summed E-state index contributed by atoms with van der Waals surface area (Å²) < 4.78 is 12.2. The Balaban J connectivity index is 1.55. The van der Waals surface area contributed by atoms with E-state index in [2.05, 4.69) is 15.5 Å². The number of amides is 1. The Bertz CT molecular complexity index is 1050. The summed E-state index contributed by atoms with van der Waals surface area (Å²) >= 11 is 8.42. The van der Waals surface area contributed by atoms with Gasteiger partial charge in [0, 0.05) is 16.9 Å². The standard InChI is InChI=1S/C19H19ClN4O4S2/c1-11-8-14(18(26)27-3)17(30-11)21-16(25)10-29-19-23-22-15(24(19)2)9-28-13-6-4-12(20)5-7-13/h4-8H,9-10H2,1-3H3,(H,21,25). The number of thioether (sulfide) groups is 1. The predicted octanol–water partition coefficient (Wildman–Crippen LogP) is 3.93. The molecular weight excluding hydrogens is 448 g/mol. The van der Waals surface area contributed by atoms with Crippen molar-refractivity contribution in [1.29, 1.82) is 0 Å². The molecule has 0 saturated heterocycles. The van der Waals surface area contributed by atoms with Crippen LogP contribution in [0.1, 0.15) is 21.1 Å². The van der Waals surface area contributed by atoms with E-state index in [1.54, 1.807) is 41.9 Å². The third kappa shape index (κ3) is 5.53.